The van der Waals surface area contributed by atoms with Crippen LogP contribution in [0, 0.1) is 0 Å². The summed E-state index contributed by atoms with van der Waals surface area (Å²) in [5.74, 6) is 0.407. The smallest absolute Gasteiger partial charge is 0.258 e. The van der Waals surface area contributed by atoms with Gasteiger partial charge in [-0.2, -0.15) is 4.98 Å². The highest BCUT2D eigenvalue weighted by Gasteiger charge is 2.17. The van der Waals surface area contributed by atoms with Crippen LogP contribution in [-0.2, 0) is 4.79 Å². The van der Waals surface area contributed by atoms with Crippen LogP contribution < -0.4 is 15.1 Å². The predicted octanol–water partition coefficient (Wildman–Crippen LogP) is 1.81. The van der Waals surface area contributed by atoms with Crippen LogP contribution in [0.1, 0.15) is 23.2 Å². The third kappa shape index (κ3) is 3.68. The van der Waals surface area contributed by atoms with Gasteiger partial charge in [-0.05, 0) is 43.2 Å². The fourth-order valence-electron chi connectivity index (χ4n) is 2.65. The molecule has 3 rings (SSSR count). The molecule has 1 aromatic carbocycles. The van der Waals surface area contributed by atoms with Gasteiger partial charge in [-0.1, -0.05) is 6.58 Å². The van der Waals surface area contributed by atoms with Gasteiger partial charge in [-0.25, -0.2) is 5.10 Å². The number of carbonyl (C=O) groups excluding carboxylic acids is 2. The van der Waals surface area contributed by atoms with Gasteiger partial charge in [0.05, 0.1) is 0 Å². The van der Waals surface area contributed by atoms with Crippen molar-refractivity contribution in [2.24, 2.45) is 0 Å². The average Bonchev–Trinajstić information content (AvgIpc) is 3.32. The maximum Gasteiger partial charge on any atom is 0.258 e. The van der Waals surface area contributed by atoms with Crippen molar-refractivity contribution in [3.63, 3.8) is 0 Å². The Kier molecular flexibility index (Phi) is 4.78. The van der Waals surface area contributed by atoms with E-state index in [1.54, 1.807) is 31.3 Å². The fourth-order valence-corrected chi connectivity index (χ4v) is 2.65. The van der Waals surface area contributed by atoms with Crippen LogP contribution in [0.2, 0.25) is 0 Å². The molecule has 25 heavy (non-hydrogen) atoms. The highest BCUT2D eigenvalue weighted by atomic mass is 16.2. The summed E-state index contributed by atoms with van der Waals surface area (Å²) in [6.07, 6.45) is 3.50. The topological polar surface area (TPSA) is 94.2 Å². The molecule has 8 heteroatoms. The van der Waals surface area contributed by atoms with Crippen molar-refractivity contribution in [1.29, 1.82) is 0 Å². The second kappa shape index (κ2) is 7.16. The molecule has 1 saturated heterocycles. The van der Waals surface area contributed by atoms with Gasteiger partial charge < -0.3 is 9.80 Å². The number of nitrogens with zero attached hydrogens (tertiary/aromatic N) is 4. The lowest BCUT2D eigenvalue weighted by Gasteiger charge is -2.15. The second-order valence-corrected chi connectivity index (χ2v) is 5.78. The minimum absolute atomic E-state index is 0.215. The molecule has 2 N–H and O–H groups in total. The van der Waals surface area contributed by atoms with Crippen molar-refractivity contribution in [2.75, 3.05) is 35.3 Å². The van der Waals surface area contributed by atoms with Crippen LogP contribution in [0.25, 0.3) is 0 Å². The second-order valence-electron chi connectivity index (χ2n) is 5.78. The summed E-state index contributed by atoms with van der Waals surface area (Å²) < 4.78 is 0. The van der Waals surface area contributed by atoms with E-state index in [9.17, 15) is 9.59 Å². The number of hydrogen-bond donors (Lipinski definition) is 2. The van der Waals surface area contributed by atoms with E-state index in [1.807, 2.05) is 0 Å². The van der Waals surface area contributed by atoms with Crippen molar-refractivity contribution in [3.05, 3.63) is 42.5 Å². The Balaban J connectivity index is 1.65. The van der Waals surface area contributed by atoms with Crippen LogP contribution >= 0.6 is 0 Å². The Morgan fingerprint density at radius 1 is 1.28 bits per heavy atom. The third-order valence-electron chi connectivity index (χ3n) is 4.12. The Hall–Kier alpha value is -3.16. The summed E-state index contributed by atoms with van der Waals surface area (Å²) in [5.41, 5.74) is 1.14. The zero-order chi connectivity index (χ0) is 17.8. The number of hydrogen-bond acceptors (Lipinski definition) is 5. The van der Waals surface area contributed by atoms with E-state index in [1.165, 1.54) is 11.0 Å². The molecule has 0 radical (unpaired) electrons. The van der Waals surface area contributed by atoms with Gasteiger partial charge in [0.25, 0.3) is 5.91 Å². The van der Waals surface area contributed by atoms with Crippen molar-refractivity contribution in [2.45, 2.75) is 12.8 Å². The molecule has 2 amide bonds. The number of rotatable bonds is 5. The number of nitrogens with one attached hydrogen (secondary N) is 2. The normalized spacial score (nSPS) is 13.6. The largest absolute Gasteiger partial charge is 0.339 e. The Morgan fingerprint density at radius 3 is 2.60 bits per heavy atom. The number of aromatic nitrogens is 3. The molecular formula is C17H20N6O2. The van der Waals surface area contributed by atoms with Crippen molar-refractivity contribution in [3.8, 4) is 0 Å². The van der Waals surface area contributed by atoms with E-state index in [-0.39, 0.29) is 11.8 Å². The van der Waals surface area contributed by atoms with Crippen molar-refractivity contribution in [1.82, 2.24) is 15.2 Å². The van der Waals surface area contributed by atoms with Gasteiger partial charge in [-0.3, -0.25) is 14.9 Å². The zero-order valence-corrected chi connectivity index (χ0v) is 14.0. The monoisotopic (exact) mass is 340 g/mol. The fraction of sp³-hybridized carbons (Fsp3) is 0.294. The van der Waals surface area contributed by atoms with Crippen LogP contribution in [0.3, 0.4) is 0 Å². The number of aromatic amines is 1. The molecule has 0 aliphatic carbocycles. The minimum atomic E-state index is -0.298. The molecule has 1 aliphatic heterocycles. The van der Waals surface area contributed by atoms with Gasteiger partial charge in [0.15, 0.2) is 0 Å². The van der Waals surface area contributed by atoms with Crippen LogP contribution in [0.5, 0.6) is 0 Å². The molecule has 1 fully saturated rings. The molecule has 0 unspecified atom stereocenters. The highest BCUT2D eigenvalue weighted by molar-refractivity contribution is 6.04. The summed E-state index contributed by atoms with van der Waals surface area (Å²) in [5, 5.41) is 9.56. The van der Waals surface area contributed by atoms with Gasteiger partial charge in [0.1, 0.15) is 0 Å². The summed E-state index contributed by atoms with van der Waals surface area (Å²) in [6.45, 7) is 5.32. The van der Waals surface area contributed by atoms with Gasteiger partial charge in [-0.15, -0.1) is 5.10 Å². The number of benzene rings is 1. The first-order chi connectivity index (χ1) is 12.1. The number of likely N-dealkylation sites (N-methyl/N-ethyl adjacent to an activating group) is 1. The SMILES string of the molecule is C=CC(=O)N(C)c1ccc(C(=O)Nc2nc(N3CCCC3)n[nH]2)cc1. The van der Waals surface area contributed by atoms with Crippen LogP contribution in [0.4, 0.5) is 17.6 Å². The van der Waals surface area contributed by atoms with Gasteiger partial charge in [0.2, 0.25) is 17.8 Å². The van der Waals surface area contributed by atoms with Crippen molar-refractivity contribution >= 4 is 29.4 Å². The number of carbonyl (C=O) groups is 2. The Morgan fingerprint density at radius 2 is 1.96 bits per heavy atom. The Labute approximate surface area is 145 Å². The van der Waals surface area contributed by atoms with Gasteiger partial charge in [0, 0.05) is 31.4 Å². The highest BCUT2D eigenvalue weighted by Crippen LogP contribution is 2.18. The standard InChI is InChI=1S/C17H20N6O2/c1-3-14(24)22(2)13-8-6-12(7-9-13)15(25)18-16-19-17(21-20-16)23-10-4-5-11-23/h3,6-9H,1,4-5,10-11H2,2H3,(H2,18,19,20,21,25). The van der Waals surface area contributed by atoms with Crippen molar-refractivity contribution < 1.29 is 9.59 Å². The molecule has 0 saturated carbocycles. The lowest BCUT2D eigenvalue weighted by atomic mass is 10.2. The summed E-state index contributed by atoms with van der Waals surface area (Å²) >= 11 is 0. The van der Waals surface area contributed by atoms with E-state index in [4.69, 9.17) is 0 Å². The van der Waals surface area contributed by atoms with E-state index in [0.717, 1.165) is 25.9 Å². The van der Waals surface area contributed by atoms with Crippen LogP contribution in [0.15, 0.2) is 36.9 Å². The molecule has 1 aliphatic rings. The molecule has 8 nitrogen and oxygen atoms in total. The van der Waals surface area contributed by atoms with E-state index >= 15 is 0 Å². The molecule has 1 aromatic heterocycles. The quantitative estimate of drug-likeness (QED) is 0.810. The van der Waals surface area contributed by atoms with E-state index in [2.05, 4.69) is 32.0 Å². The van der Waals surface area contributed by atoms with E-state index in [0.29, 0.717) is 23.1 Å². The molecule has 0 spiro atoms. The molecule has 0 atom stereocenters. The maximum atomic E-state index is 12.3. The number of anilines is 3. The number of amides is 2. The molecule has 0 bridgehead atoms. The first kappa shape index (κ1) is 16.7. The first-order valence-corrected chi connectivity index (χ1v) is 8.07. The van der Waals surface area contributed by atoms with Gasteiger partial charge >= 0.3 is 0 Å². The lowest BCUT2D eigenvalue weighted by molar-refractivity contribution is -0.113. The molecule has 130 valence electrons. The zero-order valence-electron chi connectivity index (χ0n) is 14.0. The summed E-state index contributed by atoms with van der Waals surface area (Å²) in [7, 11) is 1.65. The average molecular weight is 340 g/mol. The third-order valence-corrected chi connectivity index (χ3v) is 4.12. The first-order valence-electron chi connectivity index (χ1n) is 8.07. The van der Waals surface area contributed by atoms with Crippen LogP contribution in [-0.4, -0.2) is 47.1 Å². The molecular weight excluding hydrogens is 320 g/mol. The van der Waals surface area contributed by atoms with E-state index < -0.39 is 0 Å². The minimum Gasteiger partial charge on any atom is -0.339 e. The lowest BCUT2D eigenvalue weighted by Crippen LogP contribution is -2.23. The Bertz CT molecular complexity index is 777. The molecule has 2 aromatic rings. The maximum absolute atomic E-state index is 12.3. The summed E-state index contributed by atoms with van der Waals surface area (Å²) in [6, 6.07) is 6.70. The number of H-pyrrole nitrogens is 1. The summed E-state index contributed by atoms with van der Waals surface area (Å²) in [4.78, 5) is 31.7. The molecule has 2 heterocycles. The predicted molar refractivity (Wildman–Crippen MR) is 95.8 cm³/mol.